The maximum Gasteiger partial charge on any atom is 0.274 e. The third-order valence-corrected chi connectivity index (χ3v) is 5.50. The molecule has 8 nitrogen and oxygen atoms in total. The van der Waals surface area contributed by atoms with E-state index in [1.807, 2.05) is 37.6 Å². The number of piperidine rings is 1. The number of rotatable bonds is 7. The summed E-state index contributed by atoms with van der Waals surface area (Å²) in [6.07, 6.45) is 1.98. The Morgan fingerprint density at radius 1 is 1.17 bits per heavy atom. The van der Waals surface area contributed by atoms with E-state index in [4.69, 9.17) is 0 Å². The quantitative estimate of drug-likeness (QED) is 0.743. The minimum absolute atomic E-state index is 0.0238. The Labute approximate surface area is 171 Å². The Balaban J connectivity index is 1.59. The lowest BCUT2D eigenvalue weighted by Gasteiger charge is -2.23. The summed E-state index contributed by atoms with van der Waals surface area (Å²) in [5.41, 5.74) is 2.76. The van der Waals surface area contributed by atoms with Crippen molar-refractivity contribution in [2.45, 2.75) is 46.2 Å². The second kappa shape index (κ2) is 9.65. The van der Waals surface area contributed by atoms with Crippen LogP contribution in [0.1, 0.15) is 64.8 Å². The standard InChI is InChI=1S/C21H30N6O2/c1-4-26(5-2)21(29)17-8-6-16(7-9-17)14-23-20(28)19-15(3)27(25-24-19)18-10-12-22-13-11-18/h6-9,18,22H,4-5,10-14H2,1-3H3,(H,23,28). The van der Waals surface area contributed by atoms with E-state index in [1.165, 1.54) is 0 Å². The topological polar surface area (TPSA) is 92.2 Å². The van der Waals surface area contributed by atoms with Crippen molar-refractivity contribution in [3.05, 3.63) is 46.8 Å². The van der Waals surface area contributed by atoms with E-state index in [2.05, 4.69) is 20.9 Å². The van der Waals surface area contributed by atoms with Crippen LogP contribution in [-0.4, -0.2) is 57.9 Å². The van der Waals surface area contributed by atoms with Crippen molar-refractivity contribution in [2.24, 2.45) is 0 Å². The van der Waals surface area contributed by atoms with E-state index < -0.39 is 0 Å². The summed E-state index contributed by atoms with van der Waals surface area (Å²) in [7, 11) is 0. The lowest BCUT2D eigenvalue weighted by atomic mass is 10.1. The van der Waals surface area contributed by atoms with Gasteiger partial charge in [0, 0.05) is 25.2 Å². The first-order valence-electron chi connectivity index (χ1n) is 10.3. The summed E-state index contributed by atoms with van der Waals surface area (Å²) in [4.78, 5) is 26.7. The molecular weight excluding hydrogens is 368 g/mol. The summed E-state index contributed by atoms with van der Waals surface area (Å²) in [5.74, 6) is -0.207. The van der Waals surface area contributed by atoms with Gasteiger partial charge in [-0.05, 0) is 64.4 Å². The smallest absolute Gasteiger partial charge is 0.274 e. The highest BCUT2D eigenvalue weighted by Gasteiger charge is 2.22. The molecule has 0 bridgehead atoms. The molecule has 1 saturated heterocycles. The van der Waals surface area contributed by atoms with Gasteiger partial charge >= 0.3 is 0 Å². The fourth-order valence-electron chi connectivity index (χ4n) is 3.67. The van der Waals surface area contributed by atoms with E-state index in [1.54, 1.807) is 17.0 Å². The summed E-state index contributed by atoms with van der Waals surface area (Å²) in [5, 5.41) is 14.6. The molecule has 2 heterocycles. The van der Waals surface area contributed by atoms with Crippen LogP contribution in [0.5, 0.6) is 0 Å². The van der Waals surface area contributed by atoms with Crippen molar-refractivity contribution in [1.29, 1.82) is 0 Å². The number of carbonyl (C=O) groups excluding carboxylic acids is 2. The molecule has 1 aromatic heterocycles. The van der Waals surface area contributed by atoms with Crippen LogP contribution in [0.15, 0.2) is 24.3 Å². The normalized spacial score (nSPS) is 14.6. The summed E-state index contributed by atoms with van der Waals surface area (Å²) in [6, 6.07) is 7.65. The van der Waals surface area contributed by atoms with E-state index in [9.17, 15) is 9.59 Å². The Morgan fingerprint density at radius 3 is 2.45 bits per heavy atom. The number of hydrogen-bond acceptors (Lipinski definition) is 5. The van der Waals surface area contributed by atoms with Crippen molar-refractivity contribution in [3.8, 4) is 0 Å². The van der Waals surface area contributed by atoms with Crippen LogP contribution in [0.3, 0.4) is 0 Å². The molecule has 1 aliphatic heterocycles. The van der Waals surface area contributed by atoms with E-state index in [0.717, 1.165) is 37.2 Å². The van der Waals surface area contributed by atoms with Crippen LogP contribution in [-0.2, 0) is 6.54 Å². The van der Waals surface area contributed by atoms with Crippen molar-refractivity contribution >= 4 is 11.8 Å². The molecule has 1 aromatic carbocycles. The molecular formula is C21H30N6O2. The number of nitrogens with zero attached hydrogens (tertiary/aromatic N) is 4. The van der Waals surface area contributed by atoms with Gasteiger partial charge in [-0.15, -0.1) is 5.10 Å². The molecule has 0 saturated carbocycles. The van der Waals surface area contributed by atoms with Gasteiger partial charge in [0.2, 0.25) is 0 Å². The van der Waals surface area contributed by atoms with E-state index in [-0.39, 0.29) is 11.8 Å². The number of amides is 2. The molecule has 0 unspecified atom stereocenters. The average Bonchev–Trinajstić information content (AvgIpc) is 3.15. The van der Waals surface area contributed by atoms with Gasteiger partial charge in [0.15, 0.2) is 5.69 Å². The Hall–Kier alpha value is -2.74. The molecule has 156 valence electrons. The minimum Gasteiger partial charge on any atom is -0.347 e. The van der Waals surface area contributed by atoms with Gasteiger partial charge in [0.25, 0.3) is 11.8 Å². The maximum absolute atomic E-state index is 12.6. The van der Waals surface area contributed by atoms with Crippen LogP contribution < -0.4 is 10.6 Å². The van der Waals surface area contributed by atoms with Crippen molar-refractivity contribution < 1.29 is 9.59 Å². The average molecular weight is 399 g/mol. The van der Waals surface area contributed by atoms with Gasteiger partial charge in [-0.2, -0.15) is 0 Å². The molecule has 1 fully saturated rings. The molecule has 2 aromatic rings. The first kappa shape index (κ1) is 21.0. The lowest BCUT2D eigenvalue weighted by Crippen LogP contribution is -2.30. The van der Waals surface area contributed by atoms with Gasteiger partial charge < -0.3 is 15.5 Å². The van der Waals surface area contributed by atoms with E-state index >= 15 is 0 Å². The highest BCUT2D eigenvalue weighted by atomic mass is 16.2. The highest BCUT2D eigenvalue weighted by molar-refractivity contribution is 5.94. The third kappa shape index (κ3) is 4.82. The van der Waals surface area contributed by atoms with Crippen molar-refractivity contribution in [2.75, 3.05) is 26.2 Å². The predicted octanol–water partition coefficient (Wildman–Crippen LogP) is 1.92. The number of aromatic nitrogens is 3. The number of nitrogens with one attached hydrogen (secondary N) is 2. The van der Waals surface area contributed by atoms with Gasteiger partial charge in [-0.3, -0.25) is 9.59 Å². The summed E-state index contributed by atoms with van der Waals surface area (Å²) >= 11 is 0. The molecule has 0 atom stereocenters. The van der Waals surface area contributed by atoms with Gasteiger partial charge in [-0.25, -0.2) is 4.68 Å². The maximum atomic E-state index is 12.6. The second-order valence-electron chi connectivity index (χ2n) is 7.31. The zero-order valence-electron chi connectivity index (χ0n) is 17.4. The lowest BCUT2D eigenvalue weighted by molar-refractivity contribution is 0.0772. The highest BCUT2D eigenvalue weighted by Crippen LogP contribution is 2.20. The van der Waals surface area contributed by atoms with Crippen molar-refractivity contribution in [1.82, 2.24) is 30.5 Å². The number of carbonyl (C=O) groups is 2. The number of hydrogen-bond donors (Lipinski definition) is 2. The van der Waals surface area contributed by atoms with Crippen LogP contribution in [0, 0.1) is 6.92 Å². The predicted molar refractivity (Wildman–Crippen MR) is 111 cm³/mol. The fourth-order valence-corrected chi connectivity index (χ4v) is 3.67. The molecule has 8 heteroatoms. The molecule has 2 amide bonds. The first-order chi connectivity index (χ1) is 14.0. The van der Waals surface area contributed by atoms with E-state index in [0.29, 0.717) is 36.9 Å². The number of benzene rings is 1. The Kier molecular flexibility index (Phi) is 6.98. The molecule has 3 rings (SSSR count). The summed E-state index contributed by atoms with van der Waals surface area (Å²) in [6.45, 7) is 9.48. The first-order valence-corrected chi connectivity index (χ1v) is 10.3. The largest absolute Gasteiger partial charge is 0.347 e. The van der Waals surface area contributed by atoms with Gasteiger partial charge in [0.1, 0.15) is 0 Å². The molecule has 0 spiro atoms. The van der Waals surface area contributed by atoms with Crippen molar-refractivity contribution in [3.63, 3.8) is 0 Å². The van der Waals surface area contributed by atoms with Crippen LogP contribution in [0.4, 0.5) is 0 Å². The van der Waals surface area contributed by atoms with Gasteiger partial charge in [-0.1, -0.05) is 17.3 Å². The molecule has 29 heavy (non-hydrogen) atoms. The van der Waals surface area contributed by atoms with Crippen LogP contribution >= 0.6 is 0 Å². The zero-order chi connectivity index (χ0) is 20.8. The Bertz CT molecular complexity index is 835. The fraction of sp³-hybridized carbons (Fsp3) is 0.524. The van der Waals surface area contributed by atoms with Crippen LogP contribution in [0.25, 0.3) is 0 Å². The Morgan fingerprint density at radius 2 is 1.83 bits per heavy atom. The molecule has 0 radical (unpaired) electrons. The minimum atomic E-state index is -0.231. The summed E-state index contributed by atoms with van der Waals surface area (Å²) < 4.78 is 1.88. The van der Waals surface area contributed by atoms with Gasteiger partial charge in [0.05, 0.1) is 11.7 Å². The second-order valence-corrected chi connectivity index (χ2v) is 7.31. The molecule has 2 N–H and O–H groups in total. The van der Waals surface area contributed by atoms with Crippen LogP contribution in [0.2, 0.25) is 0 Å². The molecule has 1 aliphatic rings. The monoisotopic (exact) mass is 398 g/mol. The third-order valence-electron chi connectivity index (χ3n) is 5.50. The zero-order valence-corrected chi connectivity index (χ0v) is 17.4. The molecule has 0 aliphatic carbocycles. The SMILES string of the molecule is CCN(CC)C(=O)c1ccc(CNC(=O)c2nnn(C3CCNCC3)c2C)cc1.